The van der Waals surface area contributed by atoms with Crippen molar-refractivity contribution in [3.05, 3.63) is 11.6 Å². The van der Waals surface area contributed by atoms with Crippen LogP contribution >= 0.6 is 0 Å². The fourth-order valence-corrected chi connectivity index (χ4v) is 9.72. The molecule has 5 aliphatic rings. The van der Waals surface area contributed by atoms with E-state index in [4.69, 9.17) is 4.74 Å². The van der Waals surface area contributed by atoms with Crippen LogP contribution in [-0.2, 0) is 4.74 Å². The summed E-state index contributed by atoms with van der Waals surface area (Å²) in [6, 6.07) is 0. The second kappa shape index (κ2) is 6.31. The van der Waals surface area contributed by atoms with E-state index in [2.05, 4.69) is 33.8 Å². The average Bonchev–Trinajstić information content (AvgIpc) is 3.04. The van der Waals surface area contributed by atoms with Crippen LogP contribution in [0.15, 0.2) is 11.6 Å². The van der Waals surface area contributed by atoms with E-state index in [0.717, 1.165) is 24.8 Å². The average molecular weight is 405 g/mol. The van der Waals surface area contributed by atoms with E-state index in [9.17, 15) is 15.3 Å². The molecule has 164 valence electrons. The number of hydrogen-bond acceptors (Lipinski definition) is 4. The predicted octanol–water partition coefficient (Wildman–Crippen LogP) is 3.89. The molecule has 4 nitrogen and oxygen atoms in total. The highest BCUT2D eigenvalue weighted by atomic mass is 16.6. The molecule has 3 N–H and O–H groups in total. The zero-order chi connectivity index (χ0) is 20.8. The number of rotatable bonds is 1. The first-order valence-electron chi connectivity index (χ1n) is 11.9. The third-order valence-corrected chi connectivity index (χ3v) is 11.0. The van der Waals surface area contributed by atoms with Gasteiger partial charge in [0.2, 0.25) is 0 Å². The summed E-state index contributed by atoms with van der Waals surface area (Å²) >= 11 is 0. The molecule has 5 rings (SSSR count). The highest BCUT2D eigenvalue weighted by Gasteiger charge is 2.70. The van der Waals surface area contributed by atoms with Crippen LogP contribution in [0.5, 0.6) is 0 Å². The Bertz CT molecular complexity index is 716. The molecular formula is C25H40O4. The summed E-state index contributed by atoms with van der Waals surface area (Å²) in [6.07, 6.45) is 8.53. The first kappa shape index (κ1) is 20.5. The number of ether oxygens (including phenoxy) is 1. The first-order chi connectivity index (χ1) is 13.6. The maximum absolute atomic E-state index is 11.6. The summed E-state index contributed by atoms with van der Waals surface area (Å²) in [7, 11) is 0. The Balaban J connectivity index is 1.62. The summed E-state index contributed by atoms with van der Waals surface area (Å²) in [6.45, 7) is 10.2. The Morgan fingerprint density at radius 1 is 1.03 bits per heavy atom. The van der Waals surface area contributed by atoms with Crippen LogP contribution in [0.4, 0.5) is 0 Å². The molecule has 0 bridgehead atoms. The minimum absolute atomic E-state index is 0.144. The first-order valence-corrected chi connectivity index (χ1v) is 11.9. The molecule has 1 aliphatic heterocycles. The second-order valence-corrected chi connectivity index (χ2v) is 12.2. The van der Waals surface area contributed by atoms with Gasteiger partial charge in [0.1, 0.15) is 0 Å². The van der Waals surface area contributed by atoms with Crippen molar-refractivity contribution >= 4 is 0 Å². The highest BCUT2D eigenvalue weighted by Crippen LogP contribution is 2.73. The lowest BCUT2D eigenvalue weighted by molar-refractivity contribution is -0.261. The number of hydrogen-bond donors (Lipinski definition) is 3. The smallest absolute Gasteiger partial charge is 0.162 e. The van der Waals surface area contributed by atoms with Crippen LogP contribution in [-0.4, -0.2) is 40.9 Å². The molecular weight excluding hydrogens is 364 g/mol. The molecule has 4 fully saturated rings. The van der Waals surface area contributed by atoms with Crippen LogP contribution in [0.2, 0.25) is 0 Å². The van der Waals surface area contributed by atoms with Gasteiger partial charge in [-0.25, -0.2) is 0 Å². The van der Waals surface area contributed by atoms with Crippen molar-refractivity contribution in [3.63, 3.8) is 0 Å². The van der Waals surface area contributed by atoms with Crippen LogP contribution in [0.25, 0.3) is 0 Å². The van der Waals surface area contributed by atoms with Gasteiger partial charge in [0.05, 0.1) is 12.7 Å². The van der Waals surface area contributed by atoms with Crippen LogP contribution in [0, 0.1) is 45.3 Å². The van der Waals surface area contributed by atoms with E-state index in [-0.39, 0.29) is 29.3 Å². The standard InChI is InChI=1S/C25H40O4/c1-22(2)9-5-10-23(3)16(22)8-11-25(14-26)17-7-6-15-13-29-21(28)20(15)24(17,4)19(27)12-18(23)25/h6,16-21,26-28H,5,7-14H2,1-4H3/t16?,17?,18?,19-,20-,21-,23+,24-,25-/m1/s1. The summed E-state index contributed by atoms with van der Waals surface area (Å²) in [4.78, 5) is 0. The highest BCUT2D eigenvalue weighted by molar-refractivity contribution is 5.28. The van der Waals surface area contributed by atoms with Gasteiger partial charge in [-0.15, -0.1) is 0 Å². The maximum atomic E-state index is 11.6. The van der Waals surface area contributed by atoms with Crippen molar-refractivity contribution in [2.24, 2.45) is 45.3 Å². The molecule has 0 spiro atoms. The van der Waals surface area contributed by atoms with Gasteiger partial charge in [-0.1, -0.05) is 40.2 Å². The van der Waals surface area contributed by atoms with Gasteiger partial charge in [0.15, 0.2) is 6.29 Å². The Morgan fingerprint density at radius 3 is 2.52 bits per heavy atom. The monoisotopic (exact) mass is 404 g/mol. The Morgan fingerprint density at radius 2 is 1.79 bits per heavy atom. The fourth-order valence-electron chi connectivity index (χ4n) is 9.72. The van der Waals surface area contributed by atoms with E-state index in [1.54, 1.807) is 0 Å². The van der Waals surface area contributed by atoms with E-state index in [1.807, 2.05) is 0 Å². The normalized spacial score (nSPS) is 55.9. The fraction of sp³-hybridized carbons (Fsp3) is 0.920. The second-order valence-electron chi connectivity index (χ2n) is 12.2. The Kier molecular flexibility index (Phi) is 4.45. The van der Waals surface area contributed by atoms with Gasteiger partial charge in [-0.05, 0) is 72.7 Å². The third-order valence-electron chi connectivity index (χ3n) is 11.0. The van der Waals surface area contributed by atoms with Gasteiger partial charge < -0.3 is 20.1 Å². The minimum Gasteiger partial charge on any atom is -0.396 e. The topological polar surface area (TPSA) is 69.9 Å². The number of fused-ring (bicyclic) bond motifs is 7. The maximum Gasteiger partial charge on any atom is 0.162 e. The number of allylic oxidation sites excluding steroid dienone is 1. The molecule has 1 saturated heterocycles. The molecule has 1 heterocycles. The molecule has 9 atom stereocenters. The van der Waals surface area contributed by atoms with E-state index in [0.29, 0.717) is 23.9 Å². The molecule has 0 radical (unpaired) electrons. The predicted molar refractivity (Wildman–Crippen MR) is 112 cm³/mol. The van der Waals surface area contributed by atoms with Gasteiger partial charge in [0, 0.05) is 23.4 Å². The number of aliphatic hydroxyl groups is 3. The molecule has 29 heavy (non-hydrogen) atoms. The van der Waals surface area contributed by atoms with Crippen LogP contribution in [0.3, 0.4) is 0 Å². The molecule has 4 heteroatoms. The van der Waals surface area contributed by atoms with Gasteiger partial charge >= 0.3 is 0 Å². The summed E-state index contributed by atoms with van der Waals surface area (Å²) in [5.41, 5.74) is 1.04. The van der Waals surface area contributed by atoms with Crippen molar-refractivity contribution in [2.75, 3.05) is 13.2 Å². The van der Waals surface area contributed by atoms with Crippen molar-refractivity contribution in [2.45, 2.75) is 85.0 Å². The SMILES string of the molecule is CC1(C)CCC[C@@]2(C)C1CC[C@]1(CO)C2C[C@@H](O)[C@@]2(C)C1CC=C1CO[C@@H](O)[C@@H]12. The lowest BCUT2D eigenvalue weighted by Crippen LogP contribution is -2.68. The zero-order valence-electron chi connectivity index (χ0n) is 18.7. The Labute approximate surface area is 175 Å². The molecule has 4 aliphatic carbocycles. The van der Waals surface area contributed by atoms with Gasteiger partial charge in [-0.2, -0.15) is 0 Å². The molecule has 0 aromatic rings. The zero-order valence-corrected chi connectivity index (χ0v) is 18.7. The summed E-state index contributed by atoms with van der Waals surface area (Å²) in [5.74, 6) is 1.02. The van der Waals surface area contributed by atoms with Crippen molar-refractivity contribution in [3.8, 4) is 0 Å². The molecule has 0 amide bonds. The van der Waals surface area contributed by atoms with Gasteiger partial charge in [0.25, 0.3) is 0 Å². The molecule has 0 aromatic heterocycles. The molecule has 3 unspecified atom stereocenters. The van der Waals surface area contributed by atoms with E-state index in [1.165, 1.54) is 25.7 Å². The summed E-state index contributed by atoms with van der Waals surface area (Å²) < 4.78 is 5.61. The van der Waals surface area contributed by atoms with Crippen LogP contribution < -0.4 is 0 Å². The quantitative estimate of drug-likeness (QED) is 0.580. The summed E-state index contributed by atoms with van der Waals surface area (Å²) in [5, 5.41) is 33.3. The van der Waals surface area contributed by atoms with Crippen molar-refractivity contribution in [1.29, 1.82) is 0 Å². The molecule has 3 saturated carbocycles. The van der Waals surface area contributed by atoms with Crippen LogP contribution in [0.1, 0.15) is 72.6 Å². The Hall–Kier alpha value is -0.420. The molecule has 0 aromatic carbocycles. The minimum atomic E-state index is -0.837. The van der Waals surface area contributed by atoms with Crippen molar-refractivity contribution < 1.29 is 20.1 Å². The lowest BCUT2D eigenvalue weighted by atomic mass is 9.34. The van der Waals surface area contributed by atoms with Crippen molar-refractivity contribution in [1.82, 2.24) is 0 Å². The van der Waals surface area contributed by atoms with E-state index < -0.39 is 17.8 Å². The van der Waals surface area contributed by atoms with Gasteiger partial charge in [-0.3, -0.25) is 0 Å². The number of aliphatic hydroxyl groups excluding tert-OH is 3. The third kappa shape index (κ3) is 2.41. The largest absolute Gasteiger partial charge is 0.396 e. The van der Waals surface area contributed by atoms with E-state index >= 15 is 0 Å². The lowest BCUT2D eigenvalue weighted by Gasteiger charge is -2.70.